The van der Waals surface area contributed by atoms with Gasteiger partial charge in [-0.2, -0.15) is 0 Å². The zero-order valence-electron chi connectivity index (χ0n) is 11.4. The van der Waals surface area contributed by atoms with E-state index in [1.54, 1.807) is 18.0 Å². The average Bonchev–Trinajstić information content (AvgIpc) is 2.91. The van der Waals surface area contributed by atoms with Gasteiger partial charge in [0.25, 0.3) is 5.69 Å². The number of nitro groups is 1. The Morgan fingerprint density at radius 3 is 2.65 bits per heavy atom. The fraction of sp³-hybridized carbons (Fsp3) is 0.462. The summed E-state index contributed by atoms with van der Waals surface area (Å²) in [4.78, 5) is 25.9. The third kappa shape index (κ3) is 3.17. The molecule has 0 radical (unpaired) electrons. The average molecular weight is 278 g/mol. The number of nitrogen functional groups attached to an aromatic ring is 1. The number of anilines is 2. The number of likely N-dealkylation sites (tertiary alicyclic amines) is 1. The van der Waals surface area contributed by atoms with Crippen LogP contribution in [-0.4, -0.2) is 42.4 Å². The maximum absolute atomic E-state index is 12.1. The van der Waals surface area contributed by atoms with Crippen molar-refractivity contribution in [3.05, 3.63) is 28.3 Å². The minimum Gasteiger partial charge on any atom is -0.398 e. The molecule has 1 fully saturated rings. The van der Waals surface area contributed by atoms with Crippen LogP contribution in [0.5, 0.6) is 0 Å². The van der Waals surface area contributed by atoms with Crippen molar-refractivity contribution in [3.63, 3.8) is 0 Å². The van der Waals surface area contributed by atoms with Crippen LogP contribution in [0.15, 0.2) is 18.2 Å². The first-order chi connectivity index (χ1) is 9.47. The molecule has 2 rings (SSSR count). The molecule has 0 aromatic heterocycles. The highest BCUT2D eigenvalue weighted by Crippen LogP contribution is 2.24. The number of hydrogen-bond donors (Lipinski definition) is 1. The number of nitro benzene ring substituents is 1. The Kier molecular flexibility index (Phi) is 4.07. The molecular weight excluding hydrogens is 260 g/mol. The van der Waals surface area contributed by atoms with Gasteiger partial charge in [-0.25, -0.2) is 0 Å². The molecule has 0 saturated carbocycles. The molecule has 0 unspecified atom stereocenters. The molecule has 1 aromatic rings. The highest BCUT2D eigenvalue weighted by atomic mass is 16.6. The molecule has 0 spiro atoms. The lowest BCUT2D eigenvalue weighted by Crippen LogP contribution is -2.37. The van der Waals surface area contributed by atoms with E-state index in [9.17, 15) is 14.9 Å². The summed E-state index contributed by atoms with van der Waals surface area (Å²) in [6.45, 7) is 1.79. The molecule has 0 atom stereocenters. The van der Waals surface area contributed by atoms with Crippen molar-refractivity contribution < 1.29 is 9.72 Å². The van der Waals surface area contributed by atoms with E-state index in [-0.39, 0.29) is 18.1 Å². The number of hydrogen-bond acceptors (Lipinski definition) is 5. The van der Waals surface area contributed by atoms with Crippen LogP contribution in [-0.2, 0) is 4.79 Å². The molecule has 1 saturated heterocycles. The summed E-state index contributed by atoms with van der Waals surface area (Å²) in [5.74, 6) is 0.0371. The topological polar surface area (TPSA) is 92.7 Å². The van der Waals surface area contributed by atoms with Gasteiger partial charge in [0.05, 0.1) is 11.5 Å². The first-order valence-corrected chi connectivity index (χ1v) is 6.51. The quantitative estimate of drug-likeness (QED) is 0.508. The van der Waals surface area contributed by atoms with E-state index in [2.05, 4.69) is 0 Å². The van der Waals surface area contributed by atoms with Crippen molar-refractivity contribution >= 4 is 23.0 Å². The summed E-state index contributed by atoms with van der Waals surface area (Å²) in [5, 5.41) is 10.8. The van der Waals surface area contributed by atoms with Crippen molar-refractivity contribution in [1.29, 1.82) is 0 Å². The van der Waals surface area contributed by atoms with Crippen LogP contribution in [0.4, 0.5) is 17.1 Å². The van der Waals surface area contributed by atoms with Gasteiger partial charge in [-0.15, -0.1) is 0 Å². The van der Waals surface area contributed by atoms with Crippen molar-refractivity contribution in [3.8, 4) is 0 Å². The number of benzene rings is 1. The second-order valence-corrected chi connectivity index (χ2v) is 4.98. The van der Waals surface area contributed by atoms with Gasteiger partial charge in [0.1, 0.15) is 0 Å². The summed E-state index contributed by atoms with van der Waals surface area (Å²) < 4.78 is 0. The van der Waals surface area contributed by atoms with Crippen molar-refractivity contribution in [2.45, 2.75) is 12.8 Å². The monoisotopic (exact) mass is 278 g/mol. The van der Waals surface area contributed by atoms with E-state index < -0.39 is 4.92 Å². The van der Waals surface area contributed by atoms with Gasteiger partial charge in [-0.3, -0.25) is 14.9 Å². The zero-order chi connectivity index (χ0) is 14.7. The predicted octanol–water partition coefficient (Wildman–Crippen LogP) is 1.24. The Balaban J connectivity index is 2.10. The molecule has 2 N–H and O–H groups in total. The molecular formula is C13H18N4O3. The molecule has 1 heterocycles. The lowest BCUT2D eigenvalue weighted by molar-refractivity contribution is -0.384. The van der Waals surface area contributed by atoms with Crippen LogP contribution >= 0.6 is 0 Å². The number of likely N-dealkylation sites (N-methyl/N-ethyl adjacent to an activating group) is 1. The number of rotatable bonds is 4. The van der Waals surface area contributed by atoms with Gasteiger partial charge in [0.15, 0.2) is 0 Å². The number of carbonyl (C=O) groups is 1. The lowest BCUT2D eigenvalue weighted by Gasteiger charge is -2.22. The minimum absolute atomic E-state index is 0.0371. The van der Waals surface area contributed by atoms with Crippen LogP contribution in [0.25, 0.3) is 0 Å². The molecule has 7 nitrogen and oxygen atoms in total. The highest BCUT2D eigenvalue weighted by molar-refractivity contribution is 5.82. The molecule has 20 heavy (non-hydrogen) atoms. The van der Waals surface area contributed by atoms with Crippen LogP contribution in [0.3, 0.4) is 0 Å². The largest absolute Gasteiger partial charge is 0.398 e. The first kappa shape index (κ1) is 14.1. The SMILES string of the molecule is CN(CC(=O)N1CCCC1)c1cc(N)cc([N+](=O)[O-])c1. The molecule has 1 amide bonds. The zero-order valence-corrected chi connectivity index (χ0v) is 11.4. The first-order valence-electron chi connectivity index (χ1n) is 6.51. The maximum Gasteiger partial charge on any atom is 0.273 e. The fourth-order valence-corrected chi connectivity index (χ4v) is 2.30. The molecule has 0 bridgehead atoms. The number of amides is 1. The second-order valence-electron chi connectivity index (χ2n) is 4.98. The van der Waals surface area contributed by atoms with Crippen molar-refractivity contribution in [2.24, 2.45) is 0 Å². The normalized spacial score (nSPS) is 14.3. The molecule has 1 aliphatic rings. The Morgan fingerprint density at radius 2 is 2.05 bits per heavy atom. The second kappa shape index (κ2) is 5.77. The Labute approximate surface area is 117 Å². The maximum atomic E-state index is 12.1. The minimum atomic E-state index is -0.490. The van der Waals surface area contributed by atoms with Crippen molar-refractivity contribution in [2.75, 3.05) is 37.3 Å². The predicted molar refractivity (Wildman–Crippen MR) is 76.6 cm³/mol. The van der Waals surface area contributed by atoms with E-state index in [0.717, 1.165) is 25.9 Å². The van der Waals surface area contributed by atoms with E-state index in [1.807, 2.05) is 4.90 Å². The Hall–Kier alpha value is -2.31. The molecule has 0 aliphatic carbocycles. The summed E-state index contributed by atoms with van der Waals surface area (Å²) in [6.07, 6.45) is 2.08. The fourth-order valence-electron chi connectivity index (χ4n) is 2.30. The standard InChI is InChI=1S/C13H18N4O3/c1-15(9-13(18)16-4-2-3-5-16)11-6-10(14)7-12(8-11)17(19)20/h6-8H,2-5,9,14H2,1H3. The smallest absolute Gasteiger partial charge is 0.273 e. The Bertz CT molecular complexity index is 526. The van der Waals surface area contributed by atoms with Gasteiger partial charge in [0, 0.05) is 43.6 Å². The van der Waals surface area contributed by atoms with Gasteiger partial charge in [0.2, 0.25) is 5.91 Å². The van der Waals surface area contributed by atoms with Crippen LogP contribution in [0.1, 0.15) is 12.8 Å². The molecule has 7 heteroatoms. The highest BCUT2D eigenvalue weighted by Gasteiger charge is 2.20. The van der Waals surface area contributed by atoms with Gasteiger partial charge < -0.3 is 15.5 Å². The van der Waals surface area contributed by atoms with E-state index >= 15 is 0 Å². The van der Waals surface area contributed by atoms with Crippen LogP contribution in [0.2, 0.25) is 0 Å². The summed E-state index contributed by atoms with van der Waals surface area (Å²) in [6, 6.07) is 4.36. The van der Waals surface area contributed by atoms with E-state index in [0.29, 0.717) is 11.4 Å². The summed E-state index contributed by atoms with van der Waals surface area (Å²) >= 11 is 0. The molecule has 1 aromatic carbocycles. The van der Waals surface area contributed by atoms with Gasteiger partial charge in [-0.05, 0) is 18.9 Å². The lowest BCUT2D eigenvalue weighted by atomic mass is 10.2. The number of non-ortho nitro benzene ring substituents is 1. The van der Waals surface area contributed by atoms with Crippen LogP contribution in [0, 0.1) is 10.1 Å². The third-order valence-corrected chi connectivity index (χ3v) is 3.41. The molecule has 108 valence electrons. The van der Waals surface area contributed by atoms with Crippen LogP contribution < -0.4 is 10.6 Å². The third-order valence-electron chi connectivity index (χ3n) is 3.41. The van der Waals surface area contributed by atoms with Gasteiger partial charge in [-0.1, -0.05) is 0 Å². The number of carbonyl (C=O) groups excluding carboxylic acids is 1. The number of nitrogens with two attached hydrogens (primary N) is 1. The number of nitrogens with zero attached hydrogens (tertiary/aromatic N) is 3. The van der Waals surface area contributed by atoms with E-state index in [1.165, 1.54) is 12.1 Å². The summed E-state index contributed by atoms with van der Waals surface area (Å²) in [7, 11) is 1.73. The van der Waals surface area contributed by atoms with Crippen molar-refractivity contribution in [1.82, 2.24) is 4.90 Å². The van der Waals surface area contributed by atoms with E-state index in [4.69, 9.17) is 5.73 Å². The summed E-state index contributed by atoms with van der Waals surface area (Å²) in [5.41, 5.74) is 6.48. The van der Waals surface area contributed by atoms with Gasteiger partial charge >= 0.3 is 0 Å². The molecule has 1 aliphatic heterocycles. The Morgan fingerprint density at radius 1 is 1.40 bits per heavy atom.